The van der Waals surface area contributed by atoms with Gasteiger partial charge >= 0.3 is 5.97 Å². The van der Waals surface area contributed by atoms with Crippen LogP contribution in [0.15, 0.2) is 0 Å². The van der Waals surface area contributed by atoms with E-state index in [1.165, 1.54) is 129 Å². The highest BCUT2D eigenvalue weighted by molar-refractivity contribution is 5.76. The first-order chi connectivity index (χ1) is 26.1. The van der Waals surface area contributed by atoms with E-state index < -0.39 is 67.3 Å². The van der Waals surface area contributed by atoms with Gasteiger partial charge in [0.05, 0.1) is 32.0 Å². The molecule has 1 aliphatic heterocycles. The Labute approximate surface area is 327 Å². The SMILES string of the molecule is CCCCCCCCCCCCCCOC[C@H](CO[C@]1(C(=O)O)C[C@H](O)C(NC(C)=O)[C@H]([C@H](O)[C@H](O)CO)O1)OCCCCCCCCCCCCCC. The van der Waals surface area contributed by atoms with Crippen LogP contribution in [0.2, 0.25) is 0 Å². The van der Waals surface area contributed by atoms with Crippen LogP contribution in [0.25, 0.3) is 0 Å². The second-order valence-corrected chi connectivity index (χ2v) is 15.5. The molecule has 0 bridgehead atoms. The first kappa shape index (κ1) is 50.6. The zero-order valence-corrected chi connectivity index (χ0v) is 34.4. The number of carbonyl (C=O) groups is 2. The molecule has 12 heteroatoms. The quantitative estimate of drug-likeness (QED) is 0.0359. The number of carboxylic acids is 1. The fourth-order valence-corrected chi connectivity index (χ4v) is 7.10. The highest BCUT2D eigenvalue weighted by atomic mass is 16.7. The lowest BCUT2D eigenvalue weighted by Gasteiger charge is -2.46. The van der Waals surface area contributed by atoms with E-state index in [2.05, 4.69) is 19.2 Å². The summed E-state index contributed by atoms with van der Waals surface area (Å²) in [6.45, 7) is 5.77. The van der Waals surface area contributed by atoms with Gasteiger partial charge in [0.25, 0.3) is 5.79 Å². The normalized spacial score (nSPS) is 21.9. The number of nitrogens with one attached hydrogen (secondary N) is 1. The van der Waals surface area contributed by atoms with Crippen molar-refractivity contribution in [1.29, 1.82) is 0 Å². The summed E-state index contributed by atoms with van der Waals surface area (Å²) < 4.78 is 23.8. The second kappa shape index (κ2) is 32.7. The van der Waals surface area contributed by atoms with Gasteiger partial charge in [-0.25, -0.2) is 4.79 Å². The Balaban J connectivity index is 2.67. The van der Waals surface area contributed by atoms with Gasteiger partial charge in [0.2, 0.25) is 5.91 Å². The van der Waals surface area contributed by atoms with E-state index in [-0.39, 0.29) is 13.2 Å². The fourth-order valence-electron chi connectivity index (χ4n) is 7.10. The van der Waals surface area contributed by atoms with Gasteiger partial charge < -0.3 is 49.8 Å². The van der Waals surface area contributed by atoms with Crippen molar-refractivity contribution in [2.24, 2.45) is 0 Å². The van der Waals surface area contributed by atoms with Crippen LogP contribution >= 0.6 is 0 Å². The van der Waals surface area contributed by atoms with E-state index in [0.29, 0.717) is 13.2 Å². The number of carbonyl (C=O) groups excluding carboxylic acids is 1. The molecular formula is C42H81NO11. The van der Waals surface area contributed by atoms with Crippen LogP contribution in [0.4, 0.5) is 0 Å². The van der Waals surface area contributed by atoms with E-state index in [1.807, 2.05) is 0 Å². The Bertz CT molecular complexity index is 911. The Morgan fingerprint density at radius 1 is 0.722 bits per heavy atom. The lowest BCUT2D eigenvalue weighted by molar-refractivity contribution is -0.316. The Morgan fingerprint density at radius 2 is 1.17 bits per heavy atom. The number of aliphatic hydroxyl groups is 4. The molecular weight excluding hydrogens is 694 g/mol. The molecule has 0 aromatic carbocycles. The average Bonchev–Trinajstić information content (AvgIpc) is 3.15. The average molecular weight is 776 g/mol. The molecule has 0 saturated carbocycles. The monoisotopic (exact) mass is 776 g/mol. The Hall–Kier alpha value is -1.38. The topological polar surface area (TPSA) is 184 Å². The van der Waals surface area contributed by atoms with Gasteiger partial charge in [-0.2, -0.15) is 0 Å². The molecule has 1 heterocycles. The standard InChI is InChI=1S/C42H81NO11/c1-4-6-8-10-12-14-16-18-20-22-24-26-28-51-32-35(52-29-27-25-23-21-19-17-15-13-11-9-7-5-2)33-53-42(41(49)50)30-36(46)38(43-34(3)45)40(54-42)39(48)37(47)31-44/h35-40,44,46-48H,4-33H2,1-3H3,(H,43,45)(H,49,50)/t35-,36+,37-,38?,39-,40-,42-/m1/s1. The number of hydrogen-bond acceptors (Lipinski definition) is 10. The van der Waals surface area contributed by atoms with Crippen LogP contribution in [0.1, 0.15) is 181 Å². The van der Waals surface area contributed by atoms with Crippen LogP contribution in [-0.4, -0.2) is 113 Å². The number of rotatable bonds is 37. The van der Waals surface area contributed by atoms with Gasteiger partial charge in [-0.15, -0.1) is 0 Å². The molecule has 0 aromatic heterocycles. The molecule has 0 aliphatic carbocycles. The van der Waals surface area contributed by atoms with Crippen LogP contribution < -0.4 is 5.32 Å². The molecule has 1 amide bonds. The van der Waals surface area contributed by atoms with Crippen molar-refractivity contribution in [3.05, 3.63) is 0 Å². The van der Waals surface area contributed by atoms with Crippen molar-refractivity contribution in [2.45, 2.75) is 224 Å². The number of carboxylic acid groups (broad SMARTS) is 1. The molecule has 0 spiro atoms. The maximum atomic E-state index is 12.6. The highest BCUT2D eigenvalue weighted by Crippen LogP contribution is 2.34. The molecule has 6 N–H and O–H groups in total. The minimum atomic E-state index is -2.41. The number of aliphatic carboxylic acids is 1. The molecule has 7 atom stereocenters. The van der Waals surface area contributed by atoms with Crippen molar-refractivity contribution < 1.29 is 54.1 Å². The van der Waals surface area contributed by atoms with Crippen molar-refractivity contribution in [3.8, 4) is 0 Å². The molecule has 1 rings (SSSR count). The lowest BCUT2D eigenvalue weighted by atomic mass is 9.88. The molecule has 54 heavy (non-hydrogen) atoms. The summed E-state index contributed by atoms with van der Waals surface area (Å²) >= 11 is 0. The minimum absolute atomic E-state index is 0.179. The molecule has 0 radical (unpaired) electrons. The predicted octanol–water partition coefficient (Wildman–Crippen LogP) is 6.96. The Morgan fingerprint density at radius 3 is 1.59 bits per heavy atom. The Kier molecular flexibility index (Phi) is 30.6. The van der Waals surface area contributed by atoms with Crippen LogP contribution in [0, 0.1) is 0 Å². The first-order valence-electron chi connectivity index (χ1n) is 21.8. The van der Waals surface area contributed by atoms with Crippen molar-refractivity contribution >= 4 is 11.9 Å². The first-order valence-corrected chi connectivity index (χ1v) is 21.8. The third-order valence-corrected chi connectivity index (χ3v) is 10.5. The smallest absolute Gasteiger partial charge is 0.364 e. The zero-order valence-electron chi connectivity index (χ0n) is 34.4. The van der Waals surface area contributed by atoms with E-state index in [0.717, 1.165) is 32.1 Å². The molecule has 1 unspecified atom stereocenters. The summed E-state index contributed by atoms with van der Waals surface area (Å²) in [5.74, 6) is -4.52. The minimum Gasteiger partial charge on any atom is -0.477 e. The van der Waals surface area contributed by atoms with E-state index in [1.54, 1.807) is 0 Å². The maximum Gasteiger partial charge on any atom is 0.364 e. The second-order valence-electron chi connectivity index (χ2n) is 15.5. The number of hydrogen-bond donors (Lipinski definition) is 6. The molecule has 320 valence electrons. The predicted molar refractivity (Wildman–Crippen MR) is 211 cm³/mol. The summed E-state index contributed by atoms with van der Waals surface area (Å²) in [4.78, 5) is 24.5. The summed E-state index contributed by atoms with van der Waals surface area (Å²) in [5, 5.41) is 54.0. The zero-order chi connectivity index (χ0) is 39.9. The van der Waals surface area contributed by atoms with Crippen LogP contribution in [0.3, 0.4) is 0 Å². The number of ether oxygens (including phenoxy) is 4. The number of unbranched alkanes of at least 4 members (excludes halogenated alkanes) is 22. The van der Waals surface area contributed by atoms with Crippen molar-refractivity contribution in [2.75, 3.05) is 33.0 Å². The van der Waals surface area contributed by atoms with Crippen LogP contribution in [0.5, 0.6) is 0 Å². The van der Waals surface area contributed by atoms with Gasteiger partial charge in [-0.3, -0.25) is 4.79 Å². The molecule has 1 aliphatic rings. The summed E-state index contributed by atoms with van der Waals surface area (Å²) in [7, 11) is 0. The lowest BCUT2D eigenvalue weighted by Crippen LogP contribution is -2.68. The molecule has 1 fully saturated rings. The molecule has 12 nitrogen and oxygen atoms in total. The van der Waals surface area contributed by atoms with Crippen LogP contribution in [-0.2, 0) is 28.5 Å². The van der Waals surface area contributed by atoms with Crippen molar-refractivity contribution in [3.63, 3.8) is 0 Å². The summed E-state index contributed by atoms with van der Waals surface area (Å²) in [6.07, 6.45) is 21.7. The highest BCUT2D eigenvalue weighted by Gasteiger charge is 2.56. The van der Waals surface area contributed by atoms with Gasteiger partial charge in [0, 0.05) is 26.6 Å². The maximum absolute atomic E-state index is 12.6. The van der Waals surface area contributed by atoms with Gasteiger partial charge in [-0.05, 0) is 12.8 Å². The van der Waals surface area contributed by atoms with Gasteiger partial charge in [-0.1, -0.05) is 155 Å². The van der Waals surface area contributed by atoms with E-state index in [4.69, 9.17) is 18.9 Å². The summed E-state index contributed by atoms with van der Waals surface area (Å²) in [6, 6.07) is -1.26. The summed E-state index contributed by atoms with van der Waals surface area (Å²) in [5.41, 5.74) is 0. The van der Waals surface area contributed by atoms with E-state index in [9.17, 15) is 35.1 Å². The largest absolute Gasteiger partial charge is 0.477 e. The number of amides is 1. The van der Waals surface area contributed by atoms with Gasteiger partial charge in [0.15, 0.2) is 0 Å². The fraction of sp³-hybridized carbons (Fsp3) is 0.952. The molecule has 1 saturated heterocycles. The van der Waals surface area contributed by atoms with Crippen molar-refractivity contribution in [1.82, 2.24) is 5.32 Å². The third-order valence-electron chi connectivity index (χ3n) is 10.5. The third kappa shape index (κ3) is 23.0. The molecule has 0 aromatic rings. The van der Waals surface area contributed by atoms with Gasteiger partial charge in [0.1, 0.15) is 24.4 Å². The number of aliphatic hydroxyl groups excluding tert-OH is 4. The van der Waals surface area contributed by atoms with E-state index >= 15 is 0 Å².